The molecule has 182 valence electrons. The van der Waals surface area contributed by atoms with Gasteiger partial charge in [0.1, 0.15) is 12.6 Å². The van der Waals surface area contributed by atoms with Crippen LogP contribution in [0.15, 0.2) is 48.5 Å². The van der Waals surface area contributed by atoms with Gasteiger partial charge >= 0.3 is 12.1 Å². The first kappa shape index (κ1) is 25.2. The second kappa shape index (κ2) is 11.7. The molecule has 0 fully saturated rings. The number of amides is 2. The number of fused-ring (bicyclic) bond motifs is 3. The molecule has 2 aromatic rings. The van der Waals surface area contributed by atoms with E-state index in [1.165, 1.54) is 0 Å². The third-order valence-corrected chi connectivity index (χ3v) is 6.34. The number of carbonyl (C=O) groups excluding carboxylic acids is 2. The van der Waals surface area contributed by atoms with Crippen LogP contribution in [0.3, 0.4) is 0 Å². The fourth-order valence-electron chi connectivity index (χ4n) is 4.10. The predicted molar refractivity (Wildman–Crippen MR) is 130 cm³/mol. The molecule has 2 amide bonds. The van der Waals surface area contributed by atoms with Gasteiger partial charge in [-0.05, 0) is 56.1 Å². The lowest BCUT2D eigenvalue weighted by atomic mass is 9.98. The molecule has 34 heavy (non-hydrogen) atoms. The molecule has 3 rings (SSSR count). The Bertz CT molecular complexity index is 978. The summed E-state index contributed by atoms with van der Waals surface area (Å²) in [7, 11) is 3.92. The topological polar surface area (TPSA) is 108 Å². The van der Waals surface area contributed by atoms with E-state index in [2.05, 4.69) is 22.8 Å². The molecular formula is C26H33N3O5. The van der Waals surface area contributed by atoms with Crippen molar-refractivity contribution >= 4 is 18.0 Å². The van der Waals surface area contributed by atoms with Crippen LogP contribution in [0.4, 0.5) is 4.79 Å². The molecule has 1 aliphatic rings. The summed E-state index contributed by atoms with van der Waals surface area (Å²) in [6.07, 6.45) is -0.270. The number of carbonyl (C=O) groups is 3. The Balaban J connectivity index is 1.60. The molecule has 0 heterocycles. The predicted octanol–water partition coefficient (Wildman–Crippen LogP) is 3.21. The van der Waals surface area contributed by atoms with Crippen LogP contribution in [-0.4, -0.2) is 67.3 Å². The molecule has 8 nitrogen and oxygen atoms in total. The third-order valence-electron chi connectivity index (χ3n) is 6.34. The molecule has 0 saturated carbocycles. The lowest BCUT2D eigenvalue weighted by molar-refractivity contribution is -0.137. The van der Waals surface area contributed by atoms with E-state index in [0.717, 1.165) is 28.7 Å². The average Bonchev–Trinajstić information content (AvgIpc) is 3.13. The van der Waals surface area contributed by atoms with Crippen molar-refractivity contribution in [2.45, 2.75) is 44.2 Å². The normalized spacial score (nSPS) is 14.1. The molecule has 0 bridgehead atoms. The number of ether oxygens (including phenoxy) is 1. The van der Waals surface area contributed by atoms with Crippen molar-refractivity contribution in [3.63, 3.8) is 0 Å². The number of aliphatic carboxylic acids is 1. The Morgan fingerprint density at radius 3 is 2.15 bits per heavy atom. The van der Waals surface area contributed by atoms with E-state index in [-0.39, 0.29) is 31.4 Å². The second-order valence-corrected chi connectivity index (χ2v) is 8.85. The number of nitrogens with zero attached hydrogens (tertiary/aromatic N) is 1. The molecule has 0 spiro atoms. The second-order valence-electron chi connectivity index (χ2n) is 8.85. The molecule has 1 aliphatic carbocycles. The van der Waals surface area contributed by atoms with Crippen molar-refractivity contribution in [2.75, 3.05) is 27.2 Å². The first-order valence-electron chi connectivity index (χ1n) is 11.6. The Labute approximate surface area is 200 Å². The average molecular weight is 468 g/mol. The van der Waals surface area contributed by atoms with Gasteiger partial charge < -0.3 is 25.4 Å². The minimum absolute atomic E-state index is 0.0192. The number of hydrogen-bond acceptors (Lipinski definition) is 5. The smallest absolute Gasteiger partial charge is 0.407 e. The summed E-state index contributed by atoms with van der Waals surface area (Å²) in [4.78, 5) is 38.3. The van der Waals surface area contributed by atoms with Gasteiger partial charge in [-0.2, -0.15) is 0 Å². The summed E-state index contributed by atoms with van der Waals surface area (Å²) in [6, 6.07) is 15.3. The van der Waals surface area contributed by atoms with Gasteiger partial charge in [-0.15, -0.1) is 0 Å². The van der Waals surface area contributed by atoms with Gasteiger partial charge in [-0.25, -0.2) is 4.79 Å². The summed E-state index contributed by atoms with van der Waals surface area (Å²) in [6.45, 7) is 2.59. The summed E-state index contributed by atoms with van der Waals surface area (Å²) in [5, 5.41) is 14.4. The van der Waals surface area contributed by atoms with Gasteiger partial charge in [-0.3, -0.25) is 9.59 Å². The third kappa shape index (κ3) is 6.35. The summed E-state index contributed by atoms with van der Waals surface area (Å²) < 4.78 is 5.52. The first-order chi connectivity index (χ1) is 16.3. The number of carboxylic acid groups (broad SMARTS) is 1. The molecule has 0 aromatic heterocycles. The molecule has 0 aliphatic heterocycles. The quantitative estimate of drug-likeness (QED) is 0.468. The number of hydrogen-bond donors (Lipinski definition) is 3. The Morgan fingerprint density at radius 1 is 1.00 bits per heavy atom. The first-order valence-corrected chi connectivity index (χ1v) is 11.6. The zero-order chi connectivity index (χ0) is 24.7. The van der Waals surface area contributed by atoms with Crippen LogP contribution in [0.25, 0.3) is 11.1 Å². The molecule has 0 saturated heterocycles. The maximum absolute atomic E-state index is 12.6. The number of rotatable bonds is 11. The van der Waals surface area contributed by atoms with Gasteiger partial charge in [-0.1, -0.05) is 48.5 Å². The fraction of sp³-hybridized carbons (Fsp3) is 0.423. The minimum atomic E-state index is -1.03. The minimum Gasteiger partial charge on any atom is -0.481 e. The van der Waals surface area contributed by atoms with Crippen molar-refractivity contribution in [2.24, 2.45) is 0 Å². The van der Waals surface area contributed by atoms with E-state index in [1.807, 2.05) is 62.3 Å². The van der Waals surface area contributed by atoms with Crippen LogP contribution >= 0.6 is 0 Å². The maximum atomic E-state index is 12.6. The highest BCUT2D eigenvalue weighted by Crippen LogP contribution is 2.44. The highest BCUT2D eigenvalue weighted by atomic mass is 16.5. The zero-order valence-corrected chi connectivity index (χ0v) is 19.9. The van der Waals surface area contributed by atoms with Crippen molar-refractivity contribution in [1.82, 2.24) is 15.5 Å². The van der Waals surface area contributed by atoms with Crippen molar-refractivity contribution < 1.29 is 24.2 Å². The highest BCUT2D eigenvalue weighted by Gasteiger charge is 2.30. The summed E-state index contributed by atoms with van der Waals surface area (Å²) in [5.41, 5.74) is 4.42. The van der Waals surface area contributed by atoms with E-state index < -0.39 is 24.0 Å². The fourth-order valence-corrected chi connectivity index (χ4v) is 4.10. The standard InChI is InChI=1S/C26H33N3O5/c1-17(29(2)3)14-15-27-25(32)23(12-13-24(30)31)28-26(33)34-16-22-20-10-6-4-8-18(20)19-9-5-7-11-21(19)22/h4-11,17,22-23H,12-16H2,1-3H3,(H,27,32)(H,28,33)(H,30,31). The lowest BCUT2D eigenvalue weighted by Crippen LogP contribution is -2.48. The van der Waals surface area contributed by atoms with Crippen LogP contribution in [0.1, 0.15) is 43.2 Å². The highest BCUT2D eigenvalue weighted by molar-refractivity contribution is 5.86. The van der Waals surface area contributed by atoms with Gasteiger partial charge in [0.15, 0.2) is 0 Å². The molecule has 8 heteroatoms. The van der Waals surface area contributed by atoms with E-state index >= 15 is 0 Å². The number of nitrogens with one attached hydrogen (secondary N) is 2. The lowest BCUT2D eigenvalue weighted by Gasteiger charge is -2.22. The van der Waals surface area contributed by atoms with E-state index in [0.29, 0.717) is 6.54 Å². The maximum Gasteiger partial charge on any atom is 0.407 e. The Kier molecular flexibility index (Phi) is 8.65. The van der Waals surface area contributed by atoms with Crippen LogP contribution in [0.5, 0.6) is 0 Å². The van der Waals surface area contributed by atoms with E-state index in [1.54, 1.807) is 0 Å². The molecule has 3 N–H and O–H groups in total. The number of carboxylic acids is 1. The van der Waals surface area contributed by atoms with Crippen LogP contribution in [0, 0.1) is 0 Å². The summed E-state index contributed by atoms with van der Waals surface area (Å²) in [5.74, 6) is -1.55. The SMILES string of the molecule is CC(CCNC(=O)C(CCC(=O)O)NC(=O)OCC1c2ccccc2-c2ccccc21)N(C)C. The van der Waals surface area contributed by atoms with Crippen molar-refractivity contribution in [3.8, 4) is 11.1 Å². The summed E-state index contributed by atoms with van der Waals surface area (Å²) >= 11 is 0. The molecule has 2 unspecified atom stereocenters. The molecule has 2 aromatic carbocycles. The van der Waals surface area contributed by atoms with Crippen molar-refractivity contribution in [1.29, 1.82) is 0 Å². The number of benzene rings is 2. The largest absolute Gasteiger partial charge is 0.481 e. The monoisotopic (exact) mass is 467 g/mol. The number of alkyl carbamates (subject to hydrolysis) is 1. The Hall–Kier alpha value is -3.39. The Morgan fingerprint density at radius 2 is 1.59 bits per heavy atom. The zero-order valence-electron chi connectivity index (χ0n) is 19.9. The van der Waals surface area contributed by atoms with Gasteiger partial charge in [0.05, 0.1) is 0 Å². The van der Waals surface area contributed by atoms with Gasteiger partial charge in [0.25, 0.3) is 0 Å². The van der Waals surface area contributed by atoms with Crippen molar-refractivity contribution in [3.05, 3.63) is 59.7 Å². The van der Waals surface area contributed by atoms with Gasteiger partial charge in [0.2, 0.25) is 5.91 Å². The van der Waals surface area contributed by atoms with E-state index in [9.17, 15) is 14.4 Å². The molecular weight excluding hydrogens is 434 g/mol. The molecule has 0 radical (unpaired) electrons. The van der Waals surface area contributed by atoms with E-state index in [4.69, 9.17) is 9.84 Å². The van der Waals surface area contributed by atoms with Gasteiger partial charge in [0, 0.05) is 24.9 Å². The molecule has 2 atom stereocenters. The van der Waals surface area contributed by atoms with Crippen LogP contribution in [0.2, 0.25) is 0 Å². The van der Waals surface area contributed by atoms with Crippen LogP contribution < -0.4 is 10.6 Å². The van der Waals surface area contributed by atoms with Crippen LogP contribution in [-0.2, 0) is 14.3 Å².